The summed E-state index contributed by atoms with van der Waals surface area (Å²) < 4.78 is 0. The van der Waals surface area contributed by atoms with Crippen LogP contribution < -0.4 is 0 Å². The first-order chi connectivity index (χ1) is 3.66. The Morgan fingerprint density at radius 2 is 1.88 bits per heavy atom. The van der Waals surface area contributed by atoms with E-state index in [0.717, 1.165) is 0 Å². The van der Waals surface area contributed by atoms with Crippen LogP contribution in [-0.2, 0) is 10.2 Å². The van der Waals surface area contributed by atoms with Crippen molar-refractivity contribution in [1.29, 1.82) is 0 Å². The molecule has 0 aliphatic heterocycles. The monoisotopic (exact) mass is 116 g/mol. The summed E-state index contributed by atoms with van der Waals surface area (Å²) in [5.41, 5.74) is 0. The zero-order valence-corrected chi connectivity index (χ0v) is 5.39. The maximum atomic E-state index is 10.4. The lowest BCUT2D eigenvalue weighted by Crippen LogP contribution is -2.08. The van der Waals surface area contributed by atoms with E-state index in [1.54, 1.807) is 13.8 Å². The summed E-state index contributed by atoms with van der Waals surface area (Å²) in [6.07, 6.45) is -0.0531. The molecule has 0 heterocycles. The lowest BCUT2D eigenvalue weighted by Gasteiger charge is -2.05. The first kappa shape index (κ1) is 7.92. The third kappa shape index (κ3) is 4.09. The maximum Gasteiger partial charge on any atom is 0.0905 e. The first-order valence-corrected chi connectivity index (χ1v) is 2.90. The average Bonchev–Trinajstić information content (AvgIpc) is 1.65. The molecule has 0 amide bonds. The van der Waals surface area contributed by atoms with E-state index in [2.05, 4.69) is 0 Å². The summed E-state index contributed by atoms with van der Waals surface area (Å²) in [6.45, 7) is 3.28. The van der Waals surface area contributed by atoms with Gasteiger partial charge in [0.1, 0.15) is 0 Å². The summed E-state index contributed by atoms with van der Waals surface area (Å²) in [7, 11) is 0. The fourth-order valence-electron chi connectivity index (χ4n) is 0.635. The molecule has 2 nitrogen and oxygen atoms in total. The third-order valence-corrected chi connectivity index (χ3v) is 1.02. The highest BCUT2D eigenvalue weighted by Gasteiger charge is 2.04. The molecule has 0 saturated carbocycles. The van der Waals surface area contributed by atoms with E-state index in [9.17, 15) is 10.2 Å². The second-order valence-corrected chi connectivity index (χ2v) is 2.32. The van der Waals surface area contributed by atoms with Crippen molar-refractivity contribution in [3.05, 3.63) is 0 Å². The van der Waals surface area contributed by atoms with Gasteiger partial charge in [0.05, 0.1) is 12.7 Å². The lowest BCUT2D eigenvalue weighted by molar-refractivity contribution is 0.0598. The minimum Gasteiger partial charge on any atom is -0.236 e. The van der Waals surface area contributed by atoms with Crippen LogP contribution in [0.2, 0.25) is 0 Å². The molecule has 48 valence electrons. The van der Waals surface area contributed by atoms with Gasteiger partial charge in [0.15, 0.2) is 0 Å². The Morgan fingerprint density at radius 3 is 2.00 bits per heavy atom. The molecular weight excluding hydrogens is 104 g/mol. The van der Waals surface area contributed by atoms with Crippen molar-refractivity contribution in [2.24, 2.45) is 5.92 Å². The predicted molar refractivity (Wildman–Crippen MR) is 29.5 cm³/mol. The molecule has 0 fully saturated rings. The summed E-state index contributed by atoms with van der Waals surface area (Å²) in [5.74, 6) is 0.0579. The van der Waals surface area contributed by atoms with Crippen LogP contribution in [-0.4, -0.2) is 12.7 Å². The molecule has 2 atom stereocenters. The normalized spacial score (nSPS) is 18.0. The SMILES string of the molecule is CC([O])CC(C)C[O]. The number of rotatable bonds is 3. The molecule has 0 aromatic heterocycles. The predicted octanol–water partition coefficient (Wildman–Crippen LogP) is 1.26. The Bertz CT molecular complexity index is 52.5. The van der Waals surface area contributed by atoms with Crippen LogP contribution in [0.25, 0.3) is 0 Å². The quantitative estimate of drug-likeness (QED) is 0.532. The molecule has 0 spiro atoms. The molecule has 0 bridgehead atoms. The Balaban J connectivity index is 3.10. The Kier molecular flexibility index (Phi) is 3.83. The van der Waals surface area contributed by atoms with Gasteiger partial charge in [-0.3, -0.25) is 0 Å². The number of hydrogen-bond donors (Lipinski definition) is 0. The molecular formula is C6H12O2. The van der Waals surface area contributed by atoms with Crippen molar-refractivity contribution in [2.45, 2.75) is 26.4 Å². The molecule has 0 rings (SSSR count). The van der Waals surface area contributed by atoms with Crippen LogP contribution in [0.15, 0.2) is 0 Å². The molecule has 2 unspecified atom stereocenters. The highest BCUT2D eigenvalue weighted by molar-refractivity contribution is 4.53. The van der Waals surface area contributed by atoms with Crippen LogP contribution in [0.5, 0.6) is 0 Å². The van der Waals surface area contributed by atoms with E-state index in [4.69, 9.17) is 0 Å². The zero-order chi connectivity index (χ0) is 6.57. The Morgan fingerprint density at radius 1 is 1.38 bits per heavy atom. The van der Waals surface area contributed by atoms with Gasteiger partial charge in [0.2, 0.25) is 0 Å². The van der Waals surface area contributed by atoms with Gasteiger partial charge in [0.25, 0.3) is 0 Å². The van der Waals surface area contributed by atoms with Gasteiger partial charge in [0, 0.05) is 0 Å². The molecule has 2 radical (unpaired) electrons. The van der Waals surface area contributed by atoms with E-state index in [-0.39, 0.29) is 12.5 Å². The van der Waals surface area contributed by atoms with Gasteiger partial charge in [-0.15, -0.1) is 0 Å². The van der Waals surface area contributed by atoms with E-state index in [1.165, 1.54) is 0 Å². The van der Waals surface area contributed by atoms with Crippen molar-refractivity contribution in [3.8, 4) is 0 Å². The van der Waals surface area contributed by atoms with E-state index in [0.29, 0.717) is 6.42 Å². The molecule has 0 saturated heterocycles. The van der Waals surface area contributed by atoms with E-state index >= 15 is 0 Å². The van der Waals surface area contributed by atoms with Gasteiger partial charge in [-0.2, -0.15) is 0 Å². The summed E-state index contributed by atoms with van der Waals surface area (Å²) in [5, 5.41) is 20.4. The molecule has 0 aliphatic rings. The fourth-order valence-corrected chi connectivity index (χ4v) is 0.635. The smallest absolute Gasteiger partial charge is 0.0905 e. The van der Waals surface area contributed by atoms with E-state index < -0.39 is 6.10 Å². The van der Waals surface area contributed by atoms with Crippen LogP contribution in [0, 0.1) is 5.92 Å². The van der Waals surface area contributed by atoms with Gasteiger partial charge in [-0.25, -0.2) is 10.2 Å². The highest BCUT2D eigenvalue weighted by atomic mass is 16.3. The van der Waals surface area contributed by atoms with Crippen molar-refractivity contribution in [3.63, 3.8) is 0 Å². The molecule has 0 N–H and O–H groups in total. The van der Waals surface area contributed by atoms with Crippen molar-refractivity contribution in [2.75, 3.05) is 6.61 Å². The molecule has 8 heavy (non-hydrogen) atoms. The van der Waals surface area contributed by atoms with Crippen molar-refractivity contribution < 1.29 is 10.2 Å². The largest absolute Gasteiger partial charge is 0.236 e. The molecule has 0 aliphatic carbocycles. The van der Waals surface area contributed by atoms with Gasteiger partial charge < -0.3 is 0 Å². The van der Waals surface area contributed by atoms with E-state index in [1.807, 2.05) is 0 Å². The Hall–Kier alpha value is -0.0800. The van der Waals surface area contributed by atoms with Gasteiger partial charge >= 0.3 is 0 Å². The maximum absolute atomic E-state index is 10.4. The second-order valence-electron chi connectivity index (χ2n) is 2.32. The minimum atomic E-state index is -0.570. The summed E-state index contributed by atoms with van der Waals surface area (Å²) >= 11 is 0. The molecule has 2 heteroatoms. The highest BCUT2D eigenvalue weighted by Crippen LogP contribution is 2.03. The van der Waals surface area contributed by atoms with Crippen LogP contribution in [0.1, 0.15) is 20.3 Å². The zero-order valence-electron chi connectivity index (χ0n) is 5.39. The lowest BCUT2D eigenvalue weighted by atomic mass is 10.1. The van der Waals surface area contributed by atoms with Gasteiger partial charge in [-0.1, -0.05) is 6.92 Å². The second kappa shape index (κ2) is 3.87. The fraction of sp³-hybridized carbons (Fsp3) is 1.00. The third-order valence-electron chi connectivity index (χ3n) is 1.02. The topological polar surface area (TPSA) is 39.8 Å². The molecule has 0 aromatic rings. The standard InChI is InChI=1S/C6H12O2/c1-5(4-7)3-6(2)8/h5-6H,3-4H2,1-2H3. The molecule has 0 aromatic carbocycles. The minimum absolute atomic E-state index is 0.0579. The number of hydrogen-bond acceptors (Lipinski definition) is 0. The van der Waals surface area contributed by atoms with Crippen LogP contribution >= 0.6 is 0 Å². The summed E-state index contributed by atoms with van der Waals surface area (Å²) in [4.78, 5) is 0. The average molecular weight is 116 g/mol. The van der Waals surface area contributed by atoms with Gasteiger partial charge in [-0.05, 0) is 19.3 Å². The summed E-state index contributed by atoms with van der Waals surface area (Å²) in [6, 6.07) is 0. The van der Waals surface area contributed by atoms with Crippen molar-refractivity contribution >= 4 is 0 Å². The first-order valence-electron chi connectivity index (χ1n) is 2.90. The van der Waals surface area contributed by atoms with Crippen molar-refractivity contribution in [1.82, 2.24) is 0 Å². The Labute approximate surface area is 50.2 Å². The van der Waals surface area contributed by atoms with Crippen LogP contribution in [0.3, 0.4) is 0 Å². The van der Waals surface area contributed by atoms with Crippen LogP contribution in [0.4, 0.5) is 0 Å².